The first-order valence-electron chi connectivity index (χ1n) is 10.3. The second-order valence-corrected chi connectivity index (χ2v) is 7.75. The van der Waals surface area contributed by atoms with Gasteiger partial charge >= 0.3 is 0 Å². The number of carbonyl (C=O) groups excluding carboxylic acids is 4. The highest BCUT2D eigenvalue weighted by atomic mass is 35.5. The molecule has 0 radical (unpaired) electrons. The first-order chi connectivity index (χ1) is 16.2. The molecule has 4 amide bonds. The van der Waals surface area contributed by atoms with Crippen molar-refractivity contribution in [3.8, 4) is 0 Å². The molecule has 0 bridgehead atoms. The molecule has 3 aromatic carbocycles. The lowest BCUT2D eigenvalue weighted by molar-refractivity contribution is -0.115. The summed E-state index contributed by atoms with van der Waals surface area (Å²) >= 11 is 5.92. The van der Waals surface area contributed by atoms with Gasteiger partial charge in [0.15, 0.2) is 0 Å². The van der Waals surface area contributed by atoms with Crippen LogP contribution in [0.3, 0.4) is 0 Å². The maximum absolute atomic E-state index is 12.7. The number of nitrogens with one attached hydrogen (secondary N) is 4. The highest BCUT2D eigenvalue weighted by molar-refractivity contribution is 6.17. The Balaban J connectivity index is 1.68. The summed E-state index contributed by atoms with van der Waals surface area (Å²) in [6.45, 7) is 2.79. The van der Waals surface area contributed by atoms with E-state index >= 15 is 0 Å². The van der Waals surface area contributed by atoms with Crippen molar-refractivity contribution in [2.75, 3.05) is 21.3 Å². The van der Waals surface area contributed by atoms with Crippen molar-refractivity contribution in [3.05, 3.63) is 83.4 Å². The summed E-state index contributed by atoms with van der Waals surface area (Å²) < 4.78 is 0. The Morgan fingerprint density at radius 1 is 0.618 bits per heavy atom. The molecule has 8 nitrogen and oxygen atoms in total. The second-order valence-electron chi connectivity index (χ2n) is 7.48. The van der Waals surface area contributed by atoms with Crippen LogP contribution in [0.1, 0.15) is 40.1 Å². The van der Waals surface area contributed by atoms with E-state index in [1.54, 1.807) is 54.6 Å². The maximum Gasteiger partial charge on any atom is 0.255 e. The number of hydrogen-bond donors (Lipinski definition) is 4. The molecule has 174 valence electrons. The maximum atomic E-state index is 12.7. The highest BCUT2D eigenvalue weighted by Crippen LogP contribution is 2.22. The third-order valence-electron chi connectivity index (χ3n) is 4.58. The molecule has 0 unspecified atom stereocenters. The van der Waals surface area contributed by atoms with Crippen molar-refractivity contribution in [2.24, 2.45) is 0 Å². The summed E-state index contributed by atoms with van der Waals surface area (Å²) in [6.07, 6.45) is 0. The Morgan fingerprint density at radius 3 is 1.53 bits per heavy atom. The molecule has 0 spiro atoms. The van der Waals surface area contributed by atoms with Gasteiger partial charge in [-0.3, -0.25) is 19.2 Å². The monoisotopic (exact) mass is 478 g/mol. The van der Waals surface area contributed by atoms with E-state index in [0.29, 0.717) is 33.9 Å². The van der Waals surface area contributed by atoms with Gasteiger partial charge in [0, 0.05) is 53.6 Å². The van der Waals surface area contributed by atoms with E-state index in [9.17, 15) is 19.2 Å². The summed E-state index contributed by atoms with van der Waals surface area (Å²) in [7, 11) is 0. The van der Waals surface area contributed by atoms with Crippen molar-refractivity contribution in [3.63, 3.8) is 0 Å². The summed E-state index contributed by atoms with van der Waals surface area (Å²) in [6, 6.07) is 18.0. The molecule has 0 saturated heterocycles. The number of amides is 4. The normalized spacial score (nSPS) is 10.2. The van der Waals surface area contributed by atoms with Crippen LogP contribution in [0.15, 0.2) is 66.7 Å². The van der Waals surface area contributed by atoms with Crippen LogP contribution in [-0.2, 0) is 15.5 Å². The van der Waals surface area contributed by atoms with Crippen LogP contribution in [0.25, 0.3) is 0 Å². The van der Waals surface area contributed by atoms with Gasteiger partial charge in [0.05, 0.1) is 0 Å². The zero-order chi connectivity index (χ0) is 24.7. The van der Waals surface area contributed by atoms with Crippen molar-refractivity contribution in [1.29, 1.82) is 0 Å². The van der Waals surface area contributed by atoms with Gasteiger partial charge in [0.25, 0.3) is 11.8 Å². The number of anilines is 4. The van der Waals surface area contributed by atoms with E-state index in [1.165, 1.54) is 26.0 Å². The topological polar surface area (TPSA) is 116 Å². The van der Waals surface area contributed by atoms with E-state index in [-0.39, 0.29) is 29.5 Å². The lowest BCUT2D eigenvalue weighted by Crippen LogP contribution is -2.15. The molecule has 9 heteroatoms. The average Bonchev–Trinajstić information content (AvgIpc) is 2.78. The minimum Gasteiger partial charge on any atom is -0.326 e. The Morgan fingerprint density at radius 2 is 1.03 bits per heavy atom. The molecular weight excluding hydrogens is 456 g/mol. The lowest BCUT2D eigenvalue weighted by Gasteiger charge is -2.11. The van der Waals surface area contributed by atoms with Crippen molar-refractivity contribution >= 4 is 58.0 Å². The van der Waals surface area contributed by atoms with Crippen molar-refractivity contribution < 1.29 is 19.2 Å². The Hall–Kier alpha value is -4.17. The lowest BCUT2D eigenvalue weighted by atomic mass is 10.1. The molecule has 34 heavy (non-hydrogen) atoms. The molecule has 0 saturated carbocycles. The smallest absolute Gasteiger partial charge is 0.255 e. The van der Waals surface area contributed by atoms with Gasteiger partial charge in [0.1, 0.15) is 0 Å². The van der Waals surface area contributed by atoms with Crippen LogP contribution in [0.4, 0.5) is 22.7 Å². The largest absolute Gasteiger partial charge is 0.326 e. The molecule has 3 rings (SSSR count). The number of alkyl halides is 1. The predicted octanol–water partition coefficient (Wildman–Crippen LogP) is 4.85. The van der Waals surface area contributed by atoms with Crippen LogP contribution in [0, 0.1) is 0 Å². The minimum absolute atomic E-state index is 0.210. The molecule has 0 aromatic heterocycles. The fraction of sp³-hybridized carbons (Fsp3) is 0.120. The van der Waals surface area contributed by atoms with E-state index in [2.05, 4.69) is 21.3 Å². The molecule has 0 aliphatic heterocycles. The van der Waals surface area contributed by atoms with Gasteiger partial charge in [-0.1, -0.05) is 6.07 Å². The number of benzene rings is 3. The minimum atomic E-state index is -0.379. The third-order valence-corrected chi connectivity index (χ3v) is 4.88. The number of halogens is 1. The van der Waals surface area contributed by atoms with E-state index < -0.39 is 0 Å². The van der Waals surface area contributed by atoms with Crippen LogP contribution in [0.5, 0.6) is 0 Å². The Bertz CT molecular complexity index is 1240. The molecular formula is C25H23ClN4O4. The molecule has 0 atom stereocenters. The first-order valence-corrected chi connectivity index (χ1v) is 10.8. The van der Waals surface area contributed by atoms with Gasteiger partial charge < -0.3 is 21.3 Å². The van der Waals surface area contributed by atoms with Crippen molar-refractivity contribution in [1.82, 2.24) is 0 Å². The number of carbonyl (C=O) groups is 4. The predicted molar refractivity (Wildman–Crippen MR) is 133 cm³/mol. The third kappa shape index (κ3) is 6.91. The number of rotatable bonds is 7. The quantitative estimate of drug-likeness (QED) is 0.363. The summed E-state index contributed by atoms with van der Waals surface area (Å²) in [4.78, 5) is 47.8. The van der Waals surface area contributed by atoms with Gasteiger partial charge in [-0.15, -0.1) is 11.6 Å². The highest BCUT2D eigenvalue weighted by Gasteiger charge is 2.11. The molecule has 0 heterocycles. The van der Waals surface area contributed by atoms with Gasteiger partial charge in [-0.05, 0) is 66.2 Å². The Labute approximate surface area is 201 Å². The molecule has 4 N–H and O–H groups in total. The van der Waals surface area contributed by atoms with E-state index in [4.69, 9.17) is 11.6 Å². The fourth-order valence-electron chi connectivity index (χ4n) is 3.17. The van der Waals surface area contributed by atoms with Crippen LogP contribution in [-0.4, -0.2) is 23.6 Å². The van der Waals surface area contributed by atoms with E-state index in [1.807, 2.05) is 0 Å². The second kappa shape index (κ2) is 11.1. The van der Waals surface area contributed by atoms with Crippen LogP contribution >= 0.6 is 11.6 Å². The fourth-order valence-corrected chi connectivity index (χ4v) is 3.33. The van der Waals surface area contributed by atoms with Gasteiger partial charge in [-0.2, -0.15) is 0 Å². The zero-order valence-electron chi connectivity index (χ0n) is 18.6. The number of hydrogen-bond acceptors (Lipinski definition) is 4. The SMILES string of the molecule is CC(=O)Nc1cccc(NC(=O)c2ccc(C(=O)Nc3cc(CCl)cc(NC(C)=O)c3)cc2)c1. The first kappa shape index (κ1) is 24.5. The zero-order valence-corrected chi connectivity index (χ0v) is 19.3. The standard InChI is InChI=1S/C25H23ClN4O4/c1-15(31)27-20-4-3-5-21(12-20)29-24(33)18-6-8-19(9-7-18)25(34)30-23-11-17(14-26)10-22(13-23)28-16(2)32/h3-13H,14H2,1-2H3,(H,27,31)(H,28,32)(H,29,33)(H,30,34). The van der Waals surface area contributed by atoms with Crippen LogP contribution < -0.4 is 21.3 Å². The van der Waals surface area contributed by atoms with Crippen LogP contribution in [0.2, 0.25) is 0 Å². The molecule has 0 aliphatic carbocycles. The molecule has 0 aliphatic rings. The summed E-state index contributed by atoms with van der Waals surface area (Å²) in [5.74, 6) is -0.969. The van der Waals surface area contributed by atoms with Crippen molar-refractivity contribution in [2.45, 2.75) is 19.7 Å². The average molecular weight is 479 g/mol. The molecule has 0 fully saturated rings. The molecule has 3 aromatic rings. The van der Waals surface area contributed by atoms with E-state index in [0.717, 1.165) is 5.56 Å². The summed E-state index contributed by atoms with van der Waals surface area (Å²) in [5.41, 5.74) is 3.53. The summed E-state index contributed by atoms with van der Waals surface area (Å²) in [5, 5.41) is 10.9. The van der Waals surface area contributed by atoms with Gasteiger partial charge in [-0.25, -0.2) is 0 Å². The van der Waals surface area contributed by atoms with Gasteiger partial charge in [0.2, 0.25) is 11.8 Å². The Kier molecular flexibility index (Phi) is 8.00.